The van der Waals surface area contributed by atoms with Crippen LogP contribution in [0.1, 0.15) is 5.56 Å². The van der Waals surface area contributed by atoms with Gasteiger partial charge in [0.2, 0.25) is 0 Å². The van der Waals surface area contributed by atoms with Crippen LogP contribution in [-0.2, 0) is 0 Å². The number of rotatable bonds is 2. The van der Waals surface area contributed by atoms with Crippen molar-refractivity contribution in [3.63, 3.8) is 0 Å². The van der Waals surface area contributed by atoms with Crippen LogP contribution in [-0.4, -0.2) is 15.0 Å². The van der Waals surface area contributed by atoms with Crippen molar-refractivity contribution < 1.29 is 0 Å². The van der Waals surface area contributed by atoms with E-state index < -0.39 is 0 Å². The van der Waals surface area contributed by atoms with Crippen molar-refractivity contribution in [2.45, 2.75) is 6.92 Å². The molecule has 0 radical (unpaired) electrons. The van der Waals surface area contributed by atoms with E-state index in [4.69, 9.17) is 0 Å². The highest BCUT2D eigenvalue weighted by Gasteiger charge is 2.08. The molecular formula is C14H11N3S. The predicted molar refractivity (Wildman–Crippen MR) is 73.3 cm³/mol. The van der Waals surface area contributed by atoms with Gasteiger partial charge in [-0.15, -0.1) is 11.3 Å². The Hall–Kier alpha value is -2.07. The minimum Gasteiger partial charge on any atom is -0.265 e. The van der Waals surface area contributed by atoms with Gasteiger partial charge >= 0.3 is 0 Å². The summed E-state index contributed by atoms with van der Waals surface area (Å²) in [4.78, 5) is 12.8. The molecule has 0 aromatic carbocycles. The summed E-state index contributed by atoms with van der Waals surface area (Å²) < 4.78 is 0. The molecule has 3 aromatic rings. The van der Waals surface area contributed by atoms with Crippen LogP contribution < -0.4 is 0 Å². The van der Waals surface area contributed by atoms with Crippen LogP contribution >= 0.6 is 11.3 Å². The molecule has 0 aliphatic rings. The second kappa shape index (κ2) is 4.66. The van der Waals surface area contributed by atoms with E-state index in [1.54, 1.807) is 29.9 Å². The van der Waals surface area contributed by atoms with Gasteiger partial charge in [-0.25, -0.2) is 4.98 Å². The van der Waals surface area contributed by atoms with Crippen LogP contribution in [0.4, 0.5) is 0 Å². The molecule has 88 valence electrons. The van der Waals surface area contributed by atoms with Gasteiger partial charge in [-0.3, -0.25) is 9.97 Å². The molecule has 0 amide bonds. The fraction of sp³-hybridized carbons (Fsp3) is 0.0714. The Morgan fingerprint density at radius 1 is 1.00 bits per heavy atom. The average molecular weight is 253 g/mol. The second-order valence-electron chi connectivity index (χ2n) is 3.96. The Kier molecular flexibility index (Phi) is 2.86. The Morgan fingerprint density at radius 3 is 2.56 bits per heavy atom. The molecule has 18 heavy (non-hydrogen) atoms. The summed E-state index contributed by atoms with van der Waals surface area (Å²) in [5.74, 6) is 0. The average Bonchev–Trinajstić information content (AvgIpc) is 2.90. The zero-order valence-electron chi connectivity index (χ0n) is 9.87. The van der Waals surface area contributed by atoms with Gasteiger partial charge in [0.15, 0.2) is 0 Å². The third-order valence-corrected chi connectivity index (χ3v) is 3.64. The lowest BCUT2D eigenvalue weighted by Crippen LogP contribution is -1.85. The molecule has 3 nitrogen and oxygen atoms in total. The van der Waals surface area contributed by atoms with Gasteiger partial charge in [-0.2, -0.15) is 0 Å². The lowest BCUT2D eigenvalue weighted by molar-refractivity contribution is 1.26. The van der Waals surface area contributed by atoms with Gasteiger partial charge in [-0.05, 0) is 30.7 Å². The minimum atomic E-state index is 0.984. The summed E-state index contributed by atoms with van der Waals surface area (Å²) in [7, 11) is 0. The van der Waals surface area contributed by atoms with Gasteiger partial charge in [0.25, 0.3) is 0 Å². The van der Waals surface area contributed by atoms with Crippen molar-refractivity contribution in [3.8, 4) is 21.8 Å². The maximum atomic E-state index is 4.66. The topological polar surface area (TPSA) is 38.7 Å². The van der Waals surface area contributed by atoms with E-state index in [2.05, 4.69) is 27.3 Å². The third kappa shape index (κ3) is 2.02. The standard InChI is InChI=1S/C14H11N3S/c1-10-2-5-16-8-12(10)13-9-18-14(17-13)11-3-6-15-7-4-11/h2-9H,1H3. The lowest BCUT2D eigenvalue weighted by Gasteiger charge is -2.00. The number of aryl methyl sites for hydroxylation is 1. The van der Waals surface area contributed by atoms with Crippen molar-refractivity contribution in [1.82, 2.24) is 15.0 Å². The number of hydrogen-bond donors (Lipinski definition) is 0. The van der Waals surface area contributed by atoms with E-state index in [0.717, 1.165) is 21.8 Å². The van der Waals surface area contributed by atoms with Crippen LogP contribution in [0.2, 0.25) is 0 Å². The first-order valence-electron chi connectivity index (χ1n) is 5.61. The second-order valence-corrected chi connectivity index (χ2v) is 4.82. The summed E-state index contributed by atoms with van der Waals surface area (Å²) >= 11 is 1.64. The molecule has 0 spiro atoms. The van der Waals surface area contributed by atoms with E-state index >= 15 is 0 Å². The molecule has 4 heteroatoms. The fourth-order valence-electron chi connectivity index (χ4n) is 1.76. The largest absolute Gasteiger partial charge is 0.265 e. The summed E-state index contributed by atoms with van der Waals surface area (Å²) in [6, 6.07) is 5.94. The number of hydrogen-bond acceptors (Lipinski definition) is 4. The van der Waals surface area contributed by atoms with Crippen LogP contribution in [0.25, 0.3) is 21.8 Å². The molecule has 0 aliphatic carbocycles. The first-order valence-corrected chi connectivity index (χ1v) is 6.49. The van der Waals surface area contributed by atoms with Gasteiger partial charge in [0.1, 0.15) is 5.01 Å². The van der Waals surface area contributed by atoms with E-state index in [1.165, 1.54) is 5.56 Å². The molecule has 3 heterocycles. The number of thiazole rings is 1. The predicted octanol–water partition coefficient (Wildman–Crippen LogP) is 3.58. The minimum absolute atomic E-state index is 0.984. The van der Waals surface area contributed by atoms with Crippen LogP contribution in [0.15, 0.2) is 48.4 Å². The smallest absolute Gasteiger partial charge is 0.124 e. The quantitative estimate of drug-likeness (QED) is 0.700. The third-order valence-electron chi connectivity index (χ3n) is 2.75. The molecule has 3 rings (SSSR count). The number of nitrogens with zero attached hydrogens (tertiary/aromatic N) is 3. The molecule has 0 unspecified atom stereocenters. The Balaban J connectivity index is 2.03. The maximum Gasteiger partial charge on any atom is 0.124 e. The van der Waals surface area contributed by atoms with Crippen LogP contribution in [0.5, 0.6) is 0 Å². The summed E-state index contributed by atoms with van der Waals surface area (Å²) in [6.07, 6.45) is 7.23. The molecule has 0 saturated heterocycles. The van der Waals surface area contributed by atoms with E-state index in [0.29, 0.717) is 0 Å². The summed E-state index contributed by atoms with van der Waals surface area (Å²) in [5.41, 5.74) is 4.37. The first-order chi connectivity index (χ1) is 8.84. The monoisotopic (exact) mass is 253 g/mol. The molecule has 0 bridgehead atoms. The fourth-order valence-corrected chi connectivity index (χ4v) is 2.58. The van der Waals surface area contributed by atoms with E-state index in [9.17, 15) is 0 Å². The highest BCUT2D eigenvalue weighted by Crippen LogP contribution is 2.29. The van der Waals surface area contributed by atoms with Crippen LogP contribution in [0.3, 0.4) is 0 Å². The highest BCUT2D eigenvalue weighted by atomic mass is 32.1. The van der Waals surface area contributed by atoms with Crippen molar-refractivity contribution in [3.05, 3.63) is 53.9 Å². The molecule has 3 aromatic heterocycles. The van der Waals surface area contributed by atoms with Gasteiger partial charge in [0, 0.05) is 41.3 Å². The summed E-state index contributed by atoms with van der Waals surface area (Å²) in [5, 5.41) is 3.08. The van der Waals surface area contributed by atoms with Gasteiger partial charge in [0.05, 0.1) is 5.69 Å². The van der Waals surface area contributed by atoms with Crippen molar-refractivity contribution in [2.75, 3.05) is 0 Å². The van der Waals surface area contributed by atoms with Gasteiger partial charge < -0.3 is 0 Å². The summed E-state index contributed by atoms with van der Waals surface area (Å²) in [6.45, 7) is 2.07. The Morgan fingerprint density at radius 2 is 1.78 bits per heavy atom. The zero-order valence-corrected chi connectivity index (χ0v) is 10.7. The lowest BCUT2D eigenvalue weighted by atomic mass is 10.1. The van der Waals surface area contributed by atoms with Crippen molar-refractivity contribution in [2.24, 2.45) is 0 Å². The number of aromatic nitrogens is 3. The Bertz CT molecular complexity index is 662. The Labute approximate surface area is 109 Å². The van der Waals surface area contributed by atoms with E-state index in [-0.39, 0.29) is 0 Å². The number of pyridine rings is 2. The normalized spacial score (nSPS) is 10.5. The molecule has 0 N–H and O–H groups in total. The van der Waals surface area contributed by atoms with Crippen molar-refractivity contribution >= 4 is 11.3 Å². The first kappa shape index (κ1) is 11.0. The molecule has 0 fully saturated rings. The van der Waals surface area contributed by atoms with Crippen molar-refractivity contribution in [1.29, 1.82) is 0 Å². The van der Waals surface area contributed by atoms with Gasteiger partial charge in [-0.1, -0.05) is 0 Å². The SMILES string of the molecule is Cc1ccncc1-c1csc(-c2ccncc2)n1. The molecule has 0 aliphatic heterocycles. The highest BCUT2D eigenvalue weighted by molar-refractivity contribution is 7.13. The molecule has 0 atom stereocenters. The zero-order chi connectivity index (χ0) is 12.4. The molecular weight excluding hydrogens is 242 g/mol. The van der Waals surface area contributed by atoms with Crippen LogP contribution in [0, 0.1) is 6.92 Å². The molecule has 0 saturated carbocycles. The van der Waals surface area contributed by atoms with E-state index in [1.807, 2.05) is 24.4 Å². The maximum absolute atomic E-state index is 4.66.